The zero-order valence-corrected chi connectivity index (χ0v) is 10.2. The molecule has 1 atom stereocenters. The molecule has 0 amide bonds. The summed E-state index contributed by atoms with van der Waals surface area (Å²) in [5, 5.41) is 3.96. The highest BCUT2D eigenvalue weighted by Gasteiger charge is 2.15. The summed E-state index contributed by atoms with van der Waals surface area (Å²) in [6.07, 6.45) is 2.11. The molecule has 0 aliphatic heterocycles. The van der Waals surface area contributed by atoms with E-state index in [4.69, 9.17) is 5.73 Å². The predicted molar refractivity (Wildman–Crippen MR) is 61.4 cm³/mol. The molecular weight excluding hydrogens is 241 g/mol. The van der Waals surface area contributed by atoms with Crippen molar-refractivity contribution in [3.63, 3.8) is 0 Å². The first-order valence-electron chi connectivity index (χ1n) is 3.95. The van der Waals surface area contributed by atoms with Crippen LogP contribution in [0.3, 0.4) is 0 Å². The number of nitrogens with zero attached hydrogens (tertiary/aromatic N) is 2. The molecular formula is C8H15Cl2N3O2. The first-order chi connectivity index (χ1) is 6.15. The number of hydrogen-bond donors (Lipinski definition) is 1. The van der Waals surface area contributed by atoms with E-state index in [9.17, 15) is 4.79 Å². The Labute approximate surface area is 101 Å². The minimum atomic E-state index is -0.611. The molecule has 1 aromatic heterocycles. The van der Waals surface area contributed by atoms with E-state index in [2.05, 4.69) is 9.84 Å². The largest absolute Gasteiger partial charge is 0.468 e. The molecule has 0 aliphatic rings. The molecule has 88 valence electrons. The standard InChI is InChI=1S/C8H13N3O2.2ClH/c1-11-6(3-4-10-11)5-7(9)8(12)13-2;;/h3-4,7H,5,9H2,1-2H3;2*1H. The van der Waals surface area contributed by atoms with Crippen LogP contribution in [0.15, 0.2) is 12.3 Å². The molecule has 0 fully saturated rings. The van der Waals surface area contributed by atoms with Crippen molar-refractivity contribution in [1.29, 1.82) is 0 Å². The third-order valence-corrected chi connectivity index (χ3v) is 1.86. The second kappa shape index (κ2) is 7.50. The lowest BCUT2D eigenvalue weighted by Crippen LogP contribution is -2.34. The van der Waals surface area contributed by atoms with Crippen LogP contribution in [0.4, 0.5) is 0 Å². The van der Waals surface area contributed by atoms with Gasteiger partial charge in [0.1, 0.15) is 6.04 Å². The van der Waals surface area contributed by atoms with Crippen molar-refractivity contribution in [3.8, 4) is 0 Å². The summed E-state index contributed by atoms with van der Waals surface area (Å²) in [5.74, 6) is -0.402. The molecule has 0 spiro atoms. The predicted octanol–water partition coefficient (Wildman–Crippen LogP) is 0.306. The number of aryl methyl sites for hydroxylation is 1. The smallest absolute Gasteiger partial charge is 0.323 e. The molecule has 0 bridgehead atoms. The fraction of sp³-hybridized carbons (Fsp3) is 0.500. The fourth-order valence-corrected chi connectivity index (χ4v) is 1.06. The molecule has 0 radical (unpaired) electrons. The van der Waals surface area contributed by atoms with E-state index in [1.54, 1.807) is 17.9 Å². The average molecular weight is 256 g/mol. The Hall–Kier alpha value is -0.780. The van der Waals surface area contributed by atoms with Crippen molar-refractivity contribution in [2.45, 2.75) is 12.5 Å². The van der Waals surface area contributed by atoms with E-state index in [0.29, 0.717) is 6.42 Å². The van der Waals surface area contributed by atoms with Crippen molar-refractivity contribution >= 4 is 30.8 Å². The first-order valence-corrected chi connectivity index (χ1v) is 3.95. The van der Waals surface area contributed by atoms with Gasteiger partial charge in [0, 0.05) is 25.4 Å². The zero-order chi connectivity index (χ0) is 9.84. The highest BCUT2D eigenvalue weighted by atomic mass is 35.5. The maximum absolute atomic E-state index is 11.0. The molecule has 1 heterocycles. The Bertz CT molecular complexity index is 304. The van der Waals surface area contributed by atoms with Crippen LogP contribution in [0.5, 0.6) is 0 Å². The van der Waals surface area contributed by atoms with Gasteiger partial charge in [-0.25, -0.2) is 0 Å². The first kappa shape index (κ1) is 16.6. The number of methoxy groups -OCH3 is 1. The Morgan fingerprint density at radius 1 is 1.67 bits per heavy atom. The maximum atomic E-state index is 11.0. The minimum absolute atomic E-state index is 0. The van der Waals surface area contributed by atoms with E-state index in [0.717, 1.165) is 5.69 Å². The number of esters is 1. The lowest BCUT2D eigenvalue weighted by Gasteiger charge is -2.08. The number of aromatic nitrogens is 2. The third kappa shape index (κ3) is 4.51. The van der Waals surface area contributed by atoms with Crippen LogP contribution in [-0.4, -0.2) is 28.9 Å². The monoisotopic (exact) mass is 255 g/mol. The van der Waals surface area contributed by atoms with Gasteiger partial charge in [-0.3, -0.25) is 9.48 Å². The van der Waals surface area contributed by atoms with Gasteiger partial charge in [0.05, 0.1) is 7.11 Å². The highest BCUT2D eigenvalue weighted by molar-refractivity contribution is 5.85. The molecule has 15 heavy (non-hydrogen) atoms. The van der Waals surface area contributed by atoms with Gasteiger partial charge in [0.2, 0.25) is 0 Å². The highest BCUT2D eigenvalue weighted by Crippen LogP contribution is 2.00. The van der Waals surface area contributed by atoms with E-state index in [-0.39, 0.29) is 24.8 Å². The summed E-state index contributed by atoms with van der Waals surface area (Å²) < 4.78 is 6.19. The van der Waals surface area contributed by atoms with E-state index >= 15 is 0 Å². The van der Waals surface area contributed by atoms with Crippen LogP contribution >= 0.6 is 24.8 Å². The van der Waals surface area contributed by atoms with Gasteiger partial charge >= 0.3 is 5.97 Å². The molecule has 0 aromatic carbocycles. The van der Waals surface area contributed by atoms with Crippen molar-refractivity contribution in [3.05, 3.63) is 18.0 Å². The number of rotatable bonds is 3. The summed E-state index contributed by atoms with van der Waals surface area (Å²) in [4.78, 5) is 11.0. The maximum Gasteiger partial charge on any atom is 0.323 e. The van der Waals surface area contributed by atoms with Gasteiger partial charge in [-0.2, -0.15) is 5.10 Å². The Balaban J connectivity index is 0. The molecule has 1 unspecified atom stereocenters. The van der Waals surface area contributed by atoms with E-state index < -0.39 is 12.0 Å². The Morgan fingerprint density at radius 2 is 2.27 bits per heavy atom. The second-order valence-electron chi connectivity index (χ2n) is 2.78. The number of halogens is 2. The zero-order valence-electron chi connectivity index (χ0n) is 8.54. The van der Waals surface area contributed by atoms with Crippen molar-refractivity contribution in [2.24, 2.45) is 12.8 Å². The average Bonchev–Trinajstić information content (AvgIpc) is 2.50. The molecule has 5 nitrogen and oxygen atoms in total. The fourth-order valence-electron chi connectivity index (χ4n) is 1.06. The van der Waals surface area contributed by atoms with Crippen LogP contribution < -0.4 is 5.73 Å². The lowest BCUT2D eigenvalue weighted by molar-refractivity contribution is -0.142. The minimum Gasteiger partial charge on any atom is -0.468 e. The second-order valence-corrected chi connectivity index (χ2v) is 2.78. The Kier molecular flexibility index (Phi) is 8.33. The van der Waals surface area contributed by atoms with Crippen LogP contribution in [0.2, 0.25) is 0 Å². The normalized spacial score (nSPS) is 10.9. The number of carbonyl (C=O) groups is 1. The third-order valence-electron chi connectivity index (χ3n) is 1.86. The van der Waals surface area contributed by atoms with Crippen LogP contribution in [0.1, 0.15) is 5.69 Å². The van der Waals surface area contributed by atoms with Gasteiger partial charge in [-0.05, 0) is 6.07 Å². The number of hydrogen-bond acceptors (Lipinski definition) is 4. The molecule has 2 N–H and O–H groups in total. The molecule has 1 rings (SSSR count). The van der Waals surface area contributed by atoms with Crippen LogP contribution in [0.25, 0.3) is 0 Å². The summed E-state index contributed by atoms with van der Waals surface area (Å²) in [7, 11) is 3.13. The van der Waals surface area contributed by atoms with Crippen molar-refractivity contribution in [2.75, 3.05) is 7.11 Å². The SMILES string of the molecule is COC(=O)C(N)Cc1ccnn1C.Cl.Cl. The van der Waals surface area contributed by atoms with Crippen molar-refractivity contribution < 1.29 is 9.53 Å². The molecule has 1 aromatic rings. The summed E-state index contributed by atoms with van der Waals surface area (Å²) in [6.45, 7) is 0. The summed E-state index contributed by atoms with van der Waals surface area (Å²) >= 11 is 0. The van der Waals surface area contributed by atoms with Gasteiger partial charge in [0.15, 0.2) is 0 Å². The van der Waals surface area contributed by atoms with Crippen molar-refractivity contribution in [1.82, 2.24) is 9.78 Å². The van der Waals surface area contributed by atoms with Gasteiger partial charge in [-0.15, -0.1) is 24.8 Å². The number of nitrogens with two attached hydrogens (primary N) is 1. The number of ether oxygens (including phenoxy) is 1. The summed E-state index contributed by atoms with van der Waals surface area (Å²) in [6, 6.07) is 1.21. The molecule has 0 saturated carbocycles. The van der Waals surface area contributed by atoms with Crippen LogP contribution in [-0.2, 0) is 23.0 Å². The lowest BCUT2D eigenvalue weighted by atomic mass is 10.2. The molecule has 0 saturated heterocycles. The van der Waals surface area contributed by atoms with Gasteiger partial charge < -0.3 is 10.5 Å². The molecule has 0 aliphatic carbocycles. The van der Waals surface area contributed by atoms with Gasteiger partial charge in [0.25, 0.3) is 0 Å². The number of carbonyl (C=O) groups excluding carboxylic acids is 1. The molecule has 7 heteroatoms. The van der Waals surface area contributed by atoms with Crippen LogP contribution in [0, 0.1) is 0 Å². The quantitative estimate of drug-likeness (QED) is 0.790. The topological polar surface area (TPSA) is 70.1 Å². The van der Waals surface area contributed by atoms with E-state index in [1.807, 2.05) is 6.07 Å². The van der Waals surface area contributed by atoms with E-state index in [1.165, 1.54) is 7.11 Å². The Morgan fingerprint density at radius 3 is 2.67 bits per heavy atom. The van der Waals surface area contributed by atoms with Gasteiger partial charge in [-0.1, -0.05) is 0 Å². The summed E-state index contributed by atoms with van der Waals surface area (Å²) in [5.41, 5.74) is 6.49.